The molecule has 0 aliphatic heterocycles. The van der Waals surface area contributed by atoms with Crippen molar-refractivity contribution in [3.63, 3.8) is 0 Å². The van der Waals surface area contributed by atoms with Gasteiger partial charge in [0.25, 0.3) is 0 Å². The number of aryl methyl sites for hydroxylation is 1. The summed E-state index contributed by atoms with van der Waals surface area (Å²) in [7, 11) is 1.62. The quantitative estimate of drug-likeness (QED) is 0.385. The SMILES string of the molecule is COc1ccc(-n2c(SCC(=O)Nc3ccc(Cl)cc3C)nnc2-c2cccnc2)cc1. The minimum Gasteiger partial charge on any atom is -0.497 e. The second-order valence-electron chi connectivity index (χ2n) is 6.88. The largest absolute Gasteiger partial charge is 0.497 e. The monoisotopic (exact) mass is 465 g/mol. The van der Waals surface area contributed by atoms with E-state index >= 15 is 0 Å². The van der Waals surface area contributed by atoms with E-state index in [-0.39, 0.29) is 11.7 Å². The first-order valence-electron chi connectivity index (χ1n) is 9.74. The zero-order valence-corrected chi connectivity index (χ0v) is 19.0. The van der Waals surface area contributed by atoms with E-state index < -0.39 is 0 Å². The van der Waals surface area contributed by atoms with Crippen LogP contribution >= 0.6 is 23.4 Å². The first-order valence-corrected chi connectivity index (χ1v) is 11.1. The van der Waals surface area contributed by atoms with Crippen molar-refractivity contribution in [3.05, 3.63) is 77.6 Å². The number of rotatable bonds is 7. The number of methoxy groups -OCH3 is 1. The molecule has 2 aromatic heterocycles. The Kier molecular flexibility index (Phi) is 6.72. The van der Waals surface area contributed by atoms with Crippen LogP contribution in [-0.2, 0) is 4.79 Å². The molecule has 0 aliphatic carbocycles. The van der Waals surface area contributed by atoms with Crippen LogP contribution < -0.4 is 10.1 Å². The van der Waals surface area contributed by atoms with Crippen LogP contribution in [0, 0.1) is 6.92 Å². The fraction of sp³-hybridized carbons (Fsp3) is 0.130. The molecule has 0 atom stereocenters. The average molecular weight is 466 g/mol. The van der Waals surface area contributed by atoms with E-state index in [1.807, 2.05) is 54.0 Å². The maximum atomic E-state index is 12.6. The molecule has 7 nitrogen and oxygen atoms in total. The molecule has 4 aromatic rings. The summed E-state index contributed by atoms with van der Waals surface area (Å²) in [6, 6.07) is 16.7. The lowest BCUT2D eigenvalue weighted by Gasteiger charge is -2.11. The number of benzene rings is 2. The molecule has 1 amide bonds. The van der Waals surface area contributed by atoms with Gasteiger partial charge in [-0.15, -0.1) is 10.2 Å². The van der Waals surface area contributed by atoms with Gasteiger partial charge in [0.15, 0.2) is 11.0 Å². The lowest BCUT2D eigenvalue weighted by Crippen LogP contribution is -2.15. The number of carbonyl (C=O) groups is 1. The topological polar surface area (TPSA) is 81.9 Å². The van der Waals surface area contributed by atoms with Gasteiger partial charge >= 0.3 is 0 Å². The third kappa shape index (κ3) is 4.92. The number of halogens is 1. The summed E-state index contributed by atoms with van der Waals surface area (Å²) in [6.07, 6.45) is 3.44. The number of hydrogen-bond donors (Lipinski definition) is 1. The Morgan fingerprint density at radius 1 is 1.16 bits per heavy atom. The Bertz CT molecular complexity index is 1230. The van der Waals surface area contributed by atoms with Crippen LogP contribution in [0.2, 0.25) is 5.02 Å². The van der Waals surface area contributed by atoms with Crippen LogP contribution in [0.25, 0.3) is 17.1 Å². The maximum absolute atomic E-state index is 12.6. The molecule has 0 saturated heterocycles. The van der Waals surface area contributed by atoms with Crippen molar-refractivity contribution in [1.82, 2.24) is 19.7 Å². The Balaban J connectivity index is 1.59. The Labute approximate surface area is 194 Å². The highest BCUT2D eigenvalue weighted by Crippen LogP contribution is 2.29. The van der Waals surface area contributed by atoms with Gasteiger partial charge in [-0.1, -0.05) is 23.4 Å². The summed E-state index contributed by atoms with van der Waals surface area (Å²) in [5.74, 6) is 1.41. The Morgan fingerprint density at radius 2 is 1.97 bits per heavy atom. The van der Waals surface area contributed by atoms with Crippen molar-refractivity contribution in [2.24, 2.45) is 0 Å². The van der Waals surface area contributed by atoms with Crippen LogP contribution in [0.5, 0.6) is 5.75 Å². The van der Waals surface area contributed by atoms with Crippen molar-refractivity contribution < 1.29 is 9.53 Å². The first-order chi connectivity index (χ1) is 15.5. The highest BCUT2D eigenvalue weighted by molar-refractivity contribution is 7.99. The van der Waals surface area contributed by atoms with E-state index in [0.29, 0.717) is 16.0 Å². The molecule has 0 radical (unpaired) electrons. The smallest absolute Gasteiger partial charge is 0.234 e. The van der Waals surface area contributed by atoms with Gasteiger partial charge in [0.2, 0.25) is 5.91 Å². The minimum atomic E-state index is -0.146. The molecular weight excluding hydrogens is 446 g/mol. The van der Waals surface area contributed by atoms with E-state index in [0.717, 1.165) is 28.3 Å². The summed E-state index contributed by atoms with van der Waals surface area (Å²) in [5, 5.41) is 12.8. The summed E-state index contributed by atoms with van der Waals surface area (Å²) >= 11 is 7.30. The molecule has 1 N–H and O–H groups in total. The number of thioether (sulfide) groups is 1. The molecule has 2 heterocycles. The normalized spacial score (nSPS) is 10.7. The standard InChI is InChI=1S/C23H20ClN5O2S/c1-15-12-17(24)5-10-20(15)26-21(30)14-32-23-28-27-22(16-4-3-11-25-13-16)29(23)18-6-8-19(31-2)9-7-18/h3-13H,14H2,1-2H3,(H,26,30). The lowest BCUT2D eigenvalue weighted by molar-refractivity contribution is -0.113. The van der Waals surface area contributed by atoms with Gasteiger partial charge in [-0.2, -0.15) is 0 Å². The number of nitrogens with zero attached hydrogens (tertiary/aromatic N) is 4. The molecule has 0 spiro atoms. The molecule has 162 valence electrons. The van der Waals surface area contributed by atoms with Gasteiger partial charge in [-0.3, -0.25) is 14.3 Å². The molecule has 32 heavy (non-hydrogen) atoms. The molecule has 0 fully saturated rings. The molecule has 4 rings (SSSR count). The van der Waals surface area contributed by atoms with Crippen molar-refractivity contribution in [3.8, 4) is 22.8 Å². The van der Waals surface area contributed by atoms with Crippen molar-refractivity contribution >= 4 is 35.0 Å². The summed E-state index contributed by atoms with van der Waals surface area (Å²) in [6.45, 7) is 1.90. The van der Waals surface area contributed by atoms with Gasteiger partial charge < -0.3 is 10.1 Å². The molecule has 0 saturated carbocycles. The van der Waals surface area contributed by atoms with Gasteiger partial charge in [0, 0.05) is 34.4 Å². The van der Waals surface area contributed by atoms with E-state index in [1.165, 1.54) is 11.8 Å². The molecule has 9 heteroatoms. The van der Waals surface area contributed by atoms with Crippen LogP contribution in [0.3, 0.4) is 0 Å². The van der Waals surface area contributed by atoms with Gasteiger partial charge in [0.05, 0.1) is 12.9 Å². The van der Waals surface area contributed by atoms with Gasteiger partial charge in [-0.05, 0) is 67.1 Å². The number of carbonyl (C=O) groups excluding carboxylic acids is 1. The second-order valence-corrected chi connectivity index (χ2v) is 8.26. The third-order valence-electron chi connectivity index (χ3n) is 4.68. The van der Waals surface area contributed by atoms with Crippen molar-refractivity contribution in [2.45, 2.75) is 12.1 Å². The summed E-state index contributed by atoms with van der Waals surface area (Å²) in [4.78, 5) is 16.8. The van der Waals surface area contributed by atoms with Crippen LogP contribution in [0.4, 0.5) is 5.69 Å². The molecule has 0 bridgehead atoms. The molecule has 0 aliphatic rings. The number of nitrogens with one attached hydrogen (secondary N) is 1. The van der Waals surface area contributed by atoms with Crippen molar-refractivity contribution in [1.29, 1.82) is 0 Å². The number of amides is 1. The van der Waals surface area contributed by atoms with E-state index in [2.05, 4.69) is 20.5 Å². The van der Waals surface area contributed by atoms with Crippen molar-refractivity contribution in [2.75, 3.05) is 18.2 Å². The minimum absolute atomic E-state index is 0.146. The van der Waals surface area contributed by atoms with Gasteiger partial charge in [-0.25, -0.2) is 0 Å². The average Bonchev–Trinajstić information content (AvgIpc) is 3.24. The second kappa shape index (κ2) is 9.84. The number of anilines is 1. The van der Waals surface area contributed by atoms with Gasteiger partial charge in [0.1, 0.15) is 5.75 Å². The predicted molar refractivity (Wildman–Crippen MR) is 127 cm³/mol. The highest BCUT2D eigenvalue weighted by atomic mass is 35.5. The Hall–Kier alpha value is -3.36. The van der Waals surface area contributed by atoms with E-state index in [1.54, 1.807) is 31.6 Å². The molecular formula is C23H20ClN5O2S. The zero-order valence-electron chi connectivity index (χ0n) is 17.4. The Morgan fingerprint density at radius 3 is 2.66 bits per heavy atom. The third-order valence-corrected chi connectivity index (χ3v) is 5.84. The first kappa shape index (κ1) is 21.9. The fourth-order valence-corrected chi connectivity index (χ4v) is 4.07. The molecule has 0 unspecified atom stereocenters. The van der Waals surface area contributed by atoms with E-state index in [4.69, 9.17) is 16.3 Å². The highest BCUT2D eigenvalue weighted by Gasteiger charge is 2.18. The number of aromatic nitrogens is 4. The van der Waals surface area contributed by atoms with E-state index in [9.17, 15) is 4.79 Å². The fourth-order valence-electron chi connectivity index (χ4n) is 3.09. The lowest BCUT2D eigenvalue weighted by atomic mass is 10.2. The van der Waals surface area contributed by atoms with Crippen LogP contribution in [0.15, 0.2) is 72.1 Å². The predicted octanol–water partition coefficient (Wildman–Crippen LogP) is 5.03. The zero-order chi connectivity index (χ0) is 22.5. The van der Waals surface area contributed by atoms with Crippen LogP contribution in [0.1, 0.15) is 5.56 Å². The number of pyridine rings is 1. The summed E-state index contributed by atoms with van der Waals surface area (Å²) < 4.78 is 7.17. The van der Waals surface area contributed by atoms with Crippen LogP contribution in [-0.4, -0.2) is 38.5 Å². The molecule has 2 aromatic carbocycles. The maximum Gasteiger partial charge on any atom is 0.234 e. The summed E-state index contributed by atoms with van der Waals surface area (Å²) in [5.41, 5.74) is 3.30. The number of ether oxygens (including phenoxy) is 1. The number of hydrogen-bond acceptors (Lipinski definition) is 6.